The van der Waals surface area contributed by atoms with Crippen molar-refractivity contribution in [3.05, 3.63) is 71.4 Å². The van der Waals surface area contributed by atoms with Crippen molar-refractivity contribution >= 4 is 5.91 Å². The molecule has 0 saturated carbocycles. The molecule has 0 aromatic carbocycles. The van der Waals surface area contributed by atoms with Crippen LogP contribution in [0, 0.1) is 12.8 Å². The van der Waals surface area contributed by atoms with Crippen LogP contribution in [0.2, 0.25) is 0 Å². The highest BCUT2D eigenvalue weighted by atomic mass is 19.4. The summed E-state index contributed by atoms with van der Waals surface area (Å²) in [5, 5.41) is 3.02. The molecule has 0 saturated heterocycles. The highest BCUT2D eigenvalue weighted by Crippen LogP contribution is 2.24. The minimum absolute atomic E-state index is 0.0905. The molecule has 2 nitrogen and oxygen atoms in total. The molecule has 0 aliphatic heterocycles. The second kappa shape index (κ2) is 17.0. The predicted octanol–water partition coefficient (Wildman–Crippen LogP) is 7.39. The lowest BCUT2D eigenvalue weighted by Gasteiger charge is -2.18. The summed E-state index contributed by atoms with van der Waals surface area (Å²) in [5.41, 5.74) is 2.18. The van der Waals surface area contributed by atoms with E-state index in [2.05, 4.69) is 56.8 Å². The van der Waals surface area contributed by atoms with E-state index in [1.165, 1.54) is 11.6 Å². The lowest BCUT2D eigenvalue weighted by molar-refractivity contribution is -0.121. The van der Waals surface area contributed by atoms with Gasteiger partial charge in [0.05, 0.1) is 6.04 Å². The number of allylic oxidation sites excluding steroid dienone is 9. The fourth-order valence-corrected chi connectivity index (χ4v) is 2.60. The molecule has 1 amide bonds. The second-order valence-electron chi connectivity index (χ2n) is 6.83. The quantitative estimate of drug-likeness (QED) is 0.266. The smallest absolute Gasteiger partial charge is 0.350 e. The summed E-state index contributed by atoms with van der Waals surface area (Å²) in [6.45, 7) is 12.8. The first-order chi connectivity index (χ1) is 14.6. The van der Waals surface area contributed by atoms with Gasteiger partial charge in [0, 0.05) is 12.0 Å². The van der Waals surface area contributed by atoms with Gasteiger partial charge in [-0.1, -0.05) is 68.5 Å². The third-order valence-electron chi connectivity index (χ3n) is 4.29. The van der Waals surface area contributed by atoms with Crippen LogP contribution < -0.4 is 5.32 Å². The molecule has 0 heterocycles. The Morgan fingerprint density at radius 1 is 1.13 bits per heavy atom. The van der Waals surface area contributed by atoms with E-state index in [4.69, 9.17) is 0 Å². The van der Waals surface area contributed by atoms with Gasteiger partial charge in [-0.2, -0.15) is 13.2 Å². The van der Waals surface area contributed by atoms with E-state index in [0.29, 0.717) is 6.42 Å². The van der Waals surface area contributed by atoms with E-state index in [1.807, 2.05) is 19.9 Å². The molecule has 1 unspecified atom stereocenters. The zero-order valence-electron chi connectivity index (χ0n) is 19.4. The van der Waals surface area contributed by atoms with Crippen LogP contribution in [0.4, 0.5) is 13.2 Å². The Hall–Kier alpha value is -2.74. The Labute approximate surface area is 186 Å². The number of rotatable bonds is 11. The van der Waals surface area contributed by atoms with Crippen molar-refractivity contribution in [2.45, 2.75) is 72.5 Å². The summed E-state index contributed by atoms with van der Waals surface area (Å²) in [7, 11) is 0. The van der Waals surface area contributed by atoms with Gasteiger partial charge in [0.25, 0.3) is 0 Å². The molecule has 0 aliphatic carbocycles. The standard InChI is InChI=1S/C24H34F3NO.C2H2/c1-7-10-15-22(21(9-3)12-8-2)20(6)28-23(29)17-16-18(4)13-11-14-19(5)24(25,26)27;1-2/h8,10-15,20H,5,7,9,16-17H2,1-4,6H3,(H,28,29);1-2H/b12-8-,14-11-,15-10-,18-13+,22-21-;. The SMILES string of the molecule is C#C.C=C(/C=C\C=C(/C)CCC(=O)NC(C)C(/C=C\CC)=C(\C=C/C)CC)C(F)(F)F. The van der Waals surface area contributed by atoms with Crippen LogP contribution in [-0.2, 0) is 4.79 Å². The Balaban J connectivity index is 0. The van der Waals surface area contributed by atoms with Crippen LogP contribution in [0.3, 0.4) is 0 Å². The molecule has 1 N–H and O–H groups in total. The third-order valence-corrected chi connectivity index (χ3v) is 4.29. The first kappa shape index (κ1) is 30.5. The fraction of sp³-hybridized carbons (Fsp3) is 0.423. The highest BCUT2D eigenvalue weighted by molar-refractivity contribution is 5.77. The van der Waals surface area contributed by atoms with Gasteiger partial charge < -0.3 is 5.32 Å². The fourth-order valence-electron chi connectivity index (χ4n) is 2.60. The molecule has 0 aromatic rings. The maximum Gasteiger partial charge on any atom is 0.415 e. The molecule has 172 valence electrons. The van der Waals surface area contributed by atoms with E-state index >= 15 is 0 Å². The van der Waals surface area contributed by atoms with Crippen LogP contribution in [-0.4, -0.2) is 18.1 Å². The molecule has 5 heteroatoms. The minimum atomic E-state index is -4.42. The van der Waals surface area contributed by atoms with Crippen LogP contribution in [0.15, 0.2) is 71.4 Å². The Morgan fingerprint density at radius 2 is 1.74 bits per heavy atom. The van der Waals surface area contributed by atoms with Crippen molar-refractivity contribution in [3.8, 4) is 12.8 Å². The Morgan fingerprint density at radius 3 is 2.23 bits per heavy atom. The number of hydrogen-bond acceptors (Lipinski definition) is 1. The molecular formula is C26H36F3NO. The van der Waals surface area contributed by atoms with Gasteiger partial charge in [0.1, 0.15) is 0 Å². The van der Waals surface area contributed by atoms with Crippen molar-refractivity contribution in [1.82, 2.24) is 5.32 Å². The number of nitrogens with one attached hydrogen (secondary N) is 1. The summed E-state index contributed by atoms with van der Waals surface area (Å²) in [6.07, 6.45) is 18.1. The maximum absolute atomic E-state index is 12.4. The Kier molecular flexibility index (Phi) is 16.7. The summed E-state index contributed by atoms with van der Waals surface area (Å²) in [6, 6.07) is -0.129. The number of amides is 1. The molecule has 0 bridgehead atoms. The van der Waals surface area contributed by atoms with Gasteiger partial charge in [-0.3, -0.25) is 4.79 Å². The van der Waals surface area contributed by atoms with Gasteiger partial charge >= 0.3 is 6.18 Å². The molecule has 0 aromatic heterocycles. The van der Waals surface area contributed by atoms with Crippen LogP contribution in [0.1, 0.15) is 60.3 Å². The molecule has 0 fully saturated rings. The van der Waals surface area contributed by atoms with E-state index in [9.17, 15) is 18.0 Å². The number of carbonyl (C=O) groups is 1. The lowest BCUT2D eigenvalue weighted by atomic mass is 9.98. The van der Waals surface area contributed by atoms with Crippen molar-refractivity contribution in [1.29, 1.82) is 0 Å². The third kappa shape index (κ3) is 14.0. The maximum atomic E-state index is 12.4. The van der Waals surface area contributed by atoms with E-state index in [1.54, 1.807) is 13.0 Å². The lowest BCUT2D eigenvalue weighted by Crippen LogP contribution is -2.34. The van der Waals surface area contributed by atoms with Crippen molar-refractivity contribution in [2.75, 3.05) is 0 Å². The topological polar surface area (TPSA) is 29.1 Å². The summed E-state index contributed by atoms with van der Waals surface area (Å²) >= 11 is 0. The van der Waals surface area contributed by atoms with Crippen molar-refractivity contribution < 1.29 is 18.0 Å². The monoisotopic (exact) mass is 435 g/mol. The van der Waals surface area contributed by atoms with Crippen LogP contribution in [0.25, 0.3) is 0 Å². The average Bonchev–Trinajstić information content (AvgIpc) is 2.72. The van der Waals surface area contributed by atoms with Crippen molar-refractivity contribution in [3.63, 3.8) is 0 Å². The van der Waals surface area contributed by atoms with E-state index in [0.717, 1.165) is 30.1 Å². The van der Waals surface area contributed by atoms with Gasteiger partial charge in [0.15, 0.2) is 0 Å². The van der Waals surface area contributed by atoms with Crippen LogP contribution >= 0.6 is 0 Å². The molecule has 1 atom stereocenters. The zero-order valence-corrected chi connectivity index (χ0v) is 19.4. The predicted molar refractivity (Wildman–Crippen MR) is 126 cm³/mol. The number of terminal acetylenes is 1. The molecule has 0 aliphatic rings. The molecule has 0 spiro atoms. The van der Waals surface area contributed by atoms with Gasteiger partial charge in [-0.05, 0) is 51.2 Å². The number of halogens is 3. The summed E-state index contributed by atoms with van der Waals surface area (Å²) in [4.78, 5) is 12.3. The summed E-state index contributed by atoms with van der Waals surface area (Å²) < 4.78 is 37.2. The first-order valence-electron chi connectivity index (χ1n) is 10.3. The van der Waals surface area contributed by atoms with Gasteiger partial charge in [-0.25, -0.2) is 0 Å². The van der Waals surface area contributed by atoms with E-state index in [-0.39, 0.29) is 18.4 Å². The van der Waals surface area contributed by atoms with Gasteiger partial charge in [0.2, 0.25) is 5.91 Å². The average molecular weight is 436 g/mol. The highest BCUT2D eigenvalue weighted by Gasteiger charge is 2.29. The van der Waals surface area contributed by atoms with Crippen molar-refractivity contribution in [2.24, 2.45) is 0 Å². The number of hydrogen-bond donors (Lipinski definition) is 1. The molecule has 31 heavy (non-hydrogen) atoms. The first-order valence-corrected chi connectivity index (χ1v) is 10.3. The number of carbonyl (C=O) groups excluding carboxylic acids is 1. The zero-order chi connectivity index (χ0) is 24.4. The Bertz CT molecular complexity index is 731. The molecule has 0 radical (unpaired) electrons. The van der Waals surface area contributed by atoms with Gasteiger partial charge in [-0.15, -0.1) is 12.8 Å². The molecule has 0 rings (SSSR count). The minimum Gasteiger partial charge on any atom is -0.350 e. The normalized spacial score (nSPS) is 14.3. The number of alkyl halides is 3. The largest absolute Gasteiger partial charge is 0.415 e. The summed E-state index contributed by atoms with van der Waals surface area (Å²) in [5.74, 6) is -0.0905. The van der Waals surface area contributed by atoms with E-state index < -0.39 is 11.7 Å². The molecular weight excluding hydrogens is 399 g/mol. The second-order valence-corrected chi connectivity index (χ2v) is 6.83. The van der Waals surface area contributed by atoms with Crippen LogP contribution in [0.5, 0.6) is 0 Å².